The Bertz CT molecular complexity index is 644. The molecule has 1 aliphatic heterocycles. The van der Waals surface area contributed by atoms with Gasteiger partial charge in [-0.2, -0.15) is 9.57 Å². The van der Waals surface area contributed by atoms with E-state index < -0.39 is 15.6 Å². The molecule has 19 heavy (non-hydrogen) atoms. The van der Waals surface area contributed by atoms with Gasteiger partial charge < -0.3 is 5.11 Å². The summed E-state index contributed by atoms with van der Waals surface area (Å²) < 4.78 is 26.3. The maximum atomic E-state index is 12.5. The van der Waals surface area contributed by atoms with Crippen LogP contribution in [-0.2, 0) is 10.0 Å². The van der Waals surface area contributed by atoms with Gasteiger partial charge in [0, 0.05) is 13.1 Å². The summed E-state index contributed by atoms with van der Waals surface area (Å²) in [6.07, 6.45) is 0.420. The lowest BCUT2D eigenvalue weighted by molar-refractivity contribution is 0.0762. The fourth-order valence-electron chi connectivity index (χ4n) is 2.20. The van der Waals surface area contributed by atoms with Crippen molar-refractivity contribution in [1.82, 2.24) is 4.31 Å². The topological polar surface area (TPSA) is 81.4 Å². The van der Waals surface area contributed by atoms with Crippen molar-refractivity contribution in [1.29, 1.82) is 5.26 Å². The van der Waals surface area contributed by atoms with Crippen molar-refractivity contribution in [3.05, 3.63) is 29.3 Å². The third-order valence-electron chi connectivity index (χ3n) is 3.35. The first kappa shape index (κ1) is 14.0. The molecule has 5 nitrogen and oxygen atoms in total. The lowest BCUT2D eigenvalue weighted by atomic mass is 10.1. The molecule has 2 rings (SSSR count). The third kappa shape index (κ3) is 2.63. The SMILES string of the molecule is Cc1ccc(C#N)cc1S(=O)(=O)N1CCC(C)(O)C1. The van der Waals surface area contributed by atoms with Crippen LogP contribution >= 0.6 is 0 Å². The van der Waals surface area contributed by atoms with E-state index in [-0.39, 0.29) is 11.4 Å². The first-order chi connectivity index (χ1) is 8.76. The minimum Gasteiger partial charge on any atom is -0.389 e. The van der Waals surface area contributed by atoms with E-state index in [0.29, 0.717) is 24.1 Å². The van der Waals surface area contributed by atoms with Crippen LogP contribution < -0.4 is 0 Å². The average molecular weight is 280 g/mol. The van der Waals surface area contributed by atoms with E-state index in [1.807, 2.05) is 6.07 Å². The van der Waals surface area contributed by atoms with Gasteiger partial charge in [-0.05, 0) is 38.0 Å². The number of sulfonamides is 1. The Morgan fingerprint density at radius 3 is 2.68 bits per heavy atom. The number of hydrogen-bond acceptors (Lipinski definition) is 4. The lowest BCUT2D eigenvalue weighted by Crippen LogP contribution is -2.34. The summed E-state index contributed by atoms with van der Waals surface area (Å²) in [6, 6.07) is 6.54. The van der Waals surface area contributed by atoms with Gasteiger partial charge in [0.25, 0.3) is 0 Å². The number of benzene rings is 1. The molecule has 1 aromatic carbocycles. The number of hydrogen-bond donors (Lipinski definition) is 1. The summed E-state index contributed by atoms with van der Waals surface area (Å²) in [5, 5.41) is 18.8. The fraction of sp³-hybridized carbons (Fsp3) is 0.462. The molecule has 0 saturated carbocycles. The van der Waals surface area contributed by atoms with Crippen LogP contribution in [0, 0.1) is 18.3 Å². The smallest absolute Gasteiger partial charge is 0.243 e. The van der Waals surface area contributed by atoms with Crippen LogP contribution in [0.3, 0.4) is 0 Å². The van der Waals surface area contributed by atoms with Crippen molar-refractivity contribution >= 4 is 10.0 Å². The van der Waals surface area contributed by atoms with Gasteiger partial charge in [-0.3, -0.25) is 0 Å². The highest BCUT2D eigenvalue weighted by molar-refractivity contribution is 7.89. The van der Waals surface area contributed by atoms with Crippen LogP contribution in [0.15, 0.2) is 23.1 Å². The summed E-state index contributed by atoms with van der Waals surface area (Å²) in [5.74, 6) is 0. The minimum atomic E-state index is -3.65. The molecule has 0 aliphatic carbocycles. The standard InChI is InChI=1S/C13H16N2O3S/c1-10-3-4-11(8-14)7-12(10)19(17,18)15-6-5-13(2,16)9-15/h3-4,7,16H,5-6,9H2,1-2H3. The van der Waals surface area contributed by atoms with E-state index in [4.69, 9.17) is 5.26 Å². The normalized spacial score (nSPS) is 24.3. The van der Waals surface area contributed by atoms with Crippen molar-refractivity contribution in [2.75, 3.05) is 13.1 Å². The number of aliphatic hydroxyl groups is 1. The zero-order valence-corrected chi connectivity index (χ0v) is 11.7. The molecule has 102 valence electrons. The summed E-state index contributed by atoms with van der Waals surface area (Å²) in [4.78, 5) is 0.143. The van der Waals surface area contributed by atoms with Crippen molar-refractivity contribution in [3.8, 4) is 6.07 Å². The second-order valence-electron chi connectivity index (χ2n) is 5.18. The highest BCUT2D eigenvalue weighted by Crippen LogP contribution is 2.28. The second-order valence-corrected chi connectivity index (χ2v) is 7.08. The quantitative estimate of drug-likeness (QED) is 0.876. The molecule has 0 radical (unpaired) electrons. The number of aryl methyl sites for hydroxylation is 1. The Kier molecular flexibility index (Phi) is 3.39. The molecule has 0 aromatic heterocycles. The molecule has 0 amide bonds. The summed E-state index contributed by atoms with van der Waals surface area (Å²) in [6.45, 7) is 3.71. The predicted molar refractivity (Wildman–Crippen MR) is 69.9 cm³/mol. The van der Waals surface area contributed by atoms with Crippen LogP contribution in [0.4, 0.5) is 0 Å². The molecule has 1 atom stereocenters. The third-order valence-corrected chi connectivity index (χ3v) is 5.34. The molecule has 1 aromatic rings. The Morgan fingerprint density at radius 1 is 1.47 bits per heavy atom. The Morgan fingerprint density at radius 2 is 2.16 bits per heavy atom. The van der Waals surface area contributed by atoms with Gasteiger partial charge >= 0.3 is 0 Å². The Labute approximate surface area is 113 Å². The minimum absolute atomic E-state index is 0.0888. The molecule has 6 heteroatoms. The lowest BCUT2D eigenvalue weighted by Gasteiger charge is -2.20. The highest BCUT2D eigenvalue weighted by Gasteiger charge is 2.38. The van der Waals surface area contributed by atoms with Gasteiger partial charge in [0.05, 0.1) is 22.1 Å². The summed E-state index contributed by atoms with van der Waals surface area (Å²) in [7, 11) is -3.65. The molecular formula is C13H16N2O3S. The van der Waals surface area contributed by atoms with Gasteiger partial charge in [0.1, 0.15) is 0 Å². The highest BCUT2D eigenvalue weighted by atomic mass is 32.2. The number of nitriles is 1. The molecule has 1 heterocycles. The summed E-state index contributed by atoms with van der Waals surface area (Å²) >= 11 is 0. The van der Waals surface area contributed by atoms with Crippen LogP contribution in [-0.4, -0.2) is 36.5 Å². The van der Waals surface area contributed by atoms with Gasteiger partial charge in [0.15, 0.2) is 0 Å². The zero-order valence-electron chi connectivity index (χ0n) is 10.9. The van der Waals surface area contributed by atoms with Crippen molar-refractivity contribution in [2.45, 2.75) is 30.8 Å². The maximum absolute atomic E-state index is 12.5. The van der Waals surface area contributed by atoms with E-state index in [9.17, 15) is 13.5 Å². The molecule has 0 bridgehead atoms. The van der Waals surface area contributed by atoms with Gasteiger partial charge in [0.2, 0.25) is 10.0 Å². The summed E-state index contributed by atoms with van der Waals surface area (Å²) in [5.41, 5.74) is -0.0611. The number of rotatable bonds is 2. The van der Waals surface area contributed by atoms with Gasteiger partial charge in [-0.25, -0.2) is 8.42 Å². The average Bonchev–Trinajstić information content (AvgIpc) is 2.71. The van der Waals surface area contributed by atoms with Crippen molar-refractivity contribution in [2.24, 2.45) is 0 Å². The molecule has 1 N–H and O–H groups in total. The van der Waals surface area contributed by atoms with E-state index in [0.717, 1.165) is 0 Å². The van der Waals surface area contributed by atoms with E-state index in [2.05, 4.69) is 0 Å². The Hall–Kier alpha value is -1.42. The van der Waals surface area contributed by atoms with Crippen molar-refractivity contribution < 1.29 is 13.5 Å². The largest absolute Gasteiger partial charge is 0.389 e. The first-order valence-electron chi connectivity index (χ1n) is 5.99. The van der Waals surface area contributed by atoms with E-state index in [1.165, 1.54) is 10.4 Å². The molecule has 0 spiro atoms. The molecule has 1 unspecified atom stereocenters. The van der Waals surface area contributed by atoms with E-state index in [1.54, 1.807) is 26.0 Å². The fourth-order valence-corrected chi connectivity index (χ4v) is 4.00. The van der Waals surface area contributed by atoms with E-state index >= 15 is 0 Å². The first-order valence-corrected chi connectivity index (χ1v) is 7.43. The molecule has 1 aliphatic rings. The number of β-amino-alcohol motifs (C(OH)–C–C–N with tert-alkyl or cyclic N) is 1. The van der Waals surface area contributed by atoms with Crippen LogP contribution in [0.25, 0.3) is 0 Å². The van der Waals surface area contributed by atoms with Crippen LogP contribution in [0.5, 0.6) is 0 Å². The number of nitrogens with zero attached hydrogens (tertiary/aromatic N) is 2. The Balaban J connectivity index is 2.44. The van der Waals surface area contributed by atoms with Crippen molar-refractivity contribution in [3.63, 3.8) is 0 Å². The van der Waals surface area contributed by atoms with Crippen LogP contribution in [0.1, 0.15) is 24.5 Å². The molecular weight excluding hydrogens is 264 g/mol. The van der Waals surface area contributed by atoms with Gasteiger partial charge in [-0.1, -0.05) is 6.07 Å². The molecule has 1 fully saturated rings. The molecule has 1 saturated heterocycles. The van der Waals surface area contributed by atoms with Gasteiger partial charge in [-0.15, -0.1) is 0 Å². The monoisotopic (exact) mass is 280 g/mol. The zero-order chi connectivity index (χ0) is 14.3. The predicted octanol–water partition coefficient (Wildman–Crippen LogP) is 1.01. The second kappa shape index (κ2) is 4.60. The van der Waals surface area contributed by atoms with Crippen LogP contribution in [0.2, 0.25) is 0 Å². The maximum Gasteiger partial charge on any atom is 0.243 e.